The first kappa shape index (κ1) is 19.9. The van der Waals surface area contributed by atoms with E-state index in [0.29, 0.717) is 34.3 Å². The van der Waals surface area contributed by atoms with Gasteiger partial charge in [-0.25, -0.2) is 18.9 Å². The Morgan fingerprint density at radius 3 is 2.77 bits per heavy atom. The summed E-state index contributed by atoms with van der Waals surface area (Å²) in [6.07, 6.45) is 4.54. The number of fused-ring (bicyclic) bond motifs is 1. The topological polar surface area (TPSA) is 98.0 Å². The Balaban J connectivity index is 1.62. The van der Waals surface area contributed by atoms with E-state index in [4.69, 9.17) is 9.57 Å². The minimum atomic E-state index is -0.592. The number of nitrogens with one attached hydrogen (secondary N) is 2. The molecule has 158 valence electrons. The maximum absolute atomic E-state index is 13.8. The molecule has 0 spiro atoms. The summed E-state index contributed by atoms with van der Waals surface area (Å²) in [5.41, 5.74) is 1.34. The first-order valence-electron chi connectivity index (χ1n) is 9.69. The molecule has 0 saturated heterocycles. The third kappa shape index (κ3) is 3.98. The average molecular weight is 413 g/mol. The molecular weight excluding hydrogens is 389 g/mol. The summed E-state index contributed by atoms with van der Waals surface area (Å²) in [4.78, 5) is 14.1. The van der Waals surface area contributed by atoms with E-state index in [2.05, 4.69) is 30.9 Å². The molecule has 0 fully saturated rings. The molecule has 0 amide bonds. The van der Waals surface area contributed by atoms with E-state index >= 15 is 0 Å². The zero-order chi connectivity index (χ0) is 21.5. The van der Waals surface area contributed by atoms with Crippen LogP contribution in [0.5, 0.6) is 5.88 Å². The van der Waals surface area contributed by atoms with Crippen LogP contribution in [0.25, 0.3) is 5.65 Å². The number of rotatable bonds is 6. The molecule has 1 aliphatic heterocycles. The summed E-state index contributed by atoms with van der Waals surface area (Å²) >= 11 is 0. The minimum absolute atomic E-state index is 0.0797. The smallest absolute Gasteiger partial charge is 0.219 e. The van der Waals surface area contributed by atoms with Crippen LogP contribution in [0.4, 0.5) is 10.2 Å². The molecule has 4 heterocycles. The van der Waals surface area contributed by atoms with Crippen LogP contribution >= 0.6 is 0 Å². The number of hydrogen-bond acceptors (Lipinski definition) is 8. The molecule has 30 heavy (non-hydrogen) atoms. The Morgan fingerprint density at radius 1 is 1.27 bits per heavy atom. The van der Waals surface area contributed by atoms with Gasteiger partial charge in [0.15, 0.2) is 11.5 Å². The normalized spacial score (nSPS) is 16.2. The number of pyridine rings is 1. The molecule has 1 atom stereocenters. The van der Waals surface area contributed by atoms with Gasteiger partial charge < -0.3 is 20.2 Å². The van der Waals surface area contributed by atoms with Crippen LogP contribution in [-0.4, -0.2) is 37.2 Å². The predicted molar refractivity (Wildman–Crippen MR) is 110 cm³/mol. The van der Waals surface area contributed by atoms with Crippen molar-refractivity contribution in [2.75, 3.05) is 5.32 Å². The highest BCUT2D eigenvalue weighted by Gasteiger charge is 2.30. The van der Waals surface area contributed by atoms with E-state index in [0.717, 1.165) is 6.20 Å². The fraction of sp³-hybridized carbons (Fsp3) is 0.400. The van der Waals surface area contributed by atoms with Crippen LogP contribution in [0, 0.1) is 5.82 Å². The van der Waals surface area contributed by atoms with Gasteiger partial charge in [-0.1, -0.05) is 5.16 Å². The van der Waals surface area contributed by atoms with Crippen molar-refractivity contribution in [1.82, 2.24) is 24.9 Å². The number of hydrogen-bond donors (Lipinski definition) is 2. The Labute approximate surface area is 173 Å². The lowest BCUT2D eigenvalue weighted by molar-refractivity contribution is -0.00234. The summed E-state index contributed by atoms with van der Waals surface area (Å²) in [7, 11) is 0. The van der Waals surface area contributed by atoms with Crippen LogP contribution in [-0.2, 0) is 4.84 Å². The first-order chi connectivity index (χ1) is 14.2. The Kier molecular flexibility index (Phi) is 4.92. The van der Waals surface area contributed by atoms with Gasteiger partial charge in [0.2, 0.25) is 11.6 Å². The molecule has 4 rings (SSSR count). The summed E-state index contributed by atoms with van der Waals surface area (Å²) in [5.74, 6) is 1.12. The number of ether oxygens (including phenoxy) is 1. The summed E-state index contributed by atoms with van der Waals surface area (Å²) in [6, 6.07) is 2.91. The fourth-order valence-corrected chi connectivity index (χ4v) is 3.10. The molecule has 3 aromatic rings. The lowest BCUT2D eigenvalue weighted by Gasteiger charge is -2.19. The van der Waals surface area contributed by atoms with Crippen LogP contribution in [0.3, 0.4) is 0 Å². The van der Waals surface area contributed by atoms with Crippen LogP contribution in [0.2, 0.25) is 0 Å². The summed E-state index contributed by atoms with van der Waals surface area (Å²) < 4.78 is 21.2. The molecule has 1 aliphatic rings. The zero-order valence-corrected chi connectivity index (χ0v) is 17.5. The molecule has 0 radical (unpaired) electrons. The van der Waals surface area contributed by atoms with Crippen LogP contribution < -0.4 is 15.4 Å². The molecule has 9 nitrogen and oxygen atoms in total. The van der Waals surface area contributed by atoms with Gasteiger partial charge in [-0.2, -0.15) is 5.10 Å². The molecule has 3 aromatic heterocycles. The van der Waals surface area contributed by atoms with E-state index in [-0.39, 0.29) is 12.1 Å². The average Bonchev–Trinajstić information content (AvgIpc) is 3.25. The highest BCUT2D eigenvalue weighted by Crippen LogP contribution is 2.27. The maximum Gasteiger partial charge on any atom is 0.219 e. The monoisotopic (exact) mass is 413 g/mol. The number of halogens is 1. The van der Waals surface area contributed by atoms with Crippen molar-refractivity contribution < 1.29 is 14.0 Å². The molecular formula is C20H24FN7O2. The second kappa shape index (κ2) is 7.43. The Bertz CT molecular complexity index is 1110. The Morgan fingerprint density at radius 2 is 2.07 bits per heavy atom. The van der Waals surface area contributed by atoms with Gasteiger partial charge in [0.1, 0.15) is 11.6 Å². The van der Waals surface area contributed by atoms with E-state index in [1.54, 1.807) is 23.0 Å². The number of oxime groups is 1. The van der Waals surface area contributed by atoms with Crippen LogP contribution in [0.15, 0.2) is 35.9 Å². The molecule has 0 unspecified atom stereocenters. The van der Waals surface area contributed by atoms with Crippen molar-refractivity contribution in [1.29, 1.82) is 0 Å². The van der Waals surface area contributed by atoms with Gasteiger partial charge in [0, 0.05) is 11.8 Å². The third-order valence-corrected chi connectivity index (χ3v) is 4.43. The number of aromatic nitrogens is 4. The van der Waals surface area contributed by atoms with Gasteiger partial charge in [-0.15, -0.1) is 0 Å². The van der Waals surface area contributed by atoms with Crippen molar-refractivity contribution >= 4 is 17.3 Å². The summed E-state index contributed by atoms with van der Waals surface area (Å²) in [5, 5.41) is 14.9. The van der Waals surface area contributed by atoms with Gasteiger partial charge in [0.05, 0.1) is 30.1 Å². The molecule has 0 saturated carbocycles. The highest BCUT2D eigenvalue weighted by molar-refractivity contribution is 6.04. The van der Waals surface area contributed by atoms with E-state index < -0.39 is 11.5 Å². The number of nitrogens with zero attached hydrogens (tertiary/aromatic N) is 5. The van der Waals surface area contributed by atoms with Crippen molar-refractivity contribution in [3.05, 3.63) is 47.7 Å². The second-order valence-electron chi connectivity index (χ2n) is 7.89. The van der Waals surface area contributed by atoms with E-state index in [1.807, 2.05) is 34.6 Å². The number of amidine groups is 1. The maximum atomic E-state index is 13.8. The molecule has 10 heteroatoms. The van der Waals surface area contributed by atoms with E-state index in [9.17, 15) is 4.39 Å². The van der Waals surface area contributed by atoms with Crippen molar-refractivity contribution in [3.63, 3.8) is 0 Å². The van der Waals surface area contributed by atoms with Crippen molar-refractivity contribution in [2.24, 2.45) is 5.16 Å². The van der Waals surface area contributed by atoms with Crippen molar-refractivity contribution in [2.45, 2.75) is 52.5 Å². The molecule has 2 N–H and O–H groups in total. The lowest BCUT2D eigenvalue weighted by Crippen LogP contribution is -2.38. The highest BCUT2D eigenvalue weighted by atomic mass is 19.1. The van der Waals surface area contributed by atoms with Gasteiger partial charge in [0.25, 0.3) is 0 Å². The third-order valence-electron chi connectivity index (χ3n) is 4.43. The fourth-order valence-electron chi connectivity index (χ4n) is 3.10. The largest absolute Gasteiger partial charge is 0.475 e. The molecule has 0 aromatic carbocycles. The van der Waals surface area contributed by atoms with Crippen LogP contribution in [0.1, 0.15) is 51.8 Å². The van der Waals surface area contributed by atoms with Gasteiger partial charge in [-0.05, 0) is 46.8 Å². The summed E-state index contributed by atoms with van der Waals surface area (Å²) in [6.45, 7) is 9.44. The quantitative estimate of drug-likeness (QED) is 0.640. The standard InChI is InChI=1S/C20H24FN7O2/c1-11(2)29-19-14(8-13(21)9-22-19)12(3)24-16-6-7-28-18(25-16)15(10-23-28)17-26-20(4,5)30-27-17/h6-12H,1-5H3,(H,24,25)(H,26,27)/t12-/m1/s1. The van der Waals surface area contributed by atoms with Gasteiger partial charge in [-0.3, -0.25) is 0 Å². The lowest BCUT2D eigenvalue weighted by atomic mass is 10.1. The molecule has 0 aliphatic carbocycles. The zero-order valence-electron chi connectivity index (χ0n) is 17.5. The van der Waals surface area contributed by atoms with E-state index in [1.165, 1.54) is 6.07 Å². The van der Waals surface area contributed by atoms with Crippen molar-refractivity contribution in [3.8, 4) is 5.88 Å². The SMILES string of the molecule is CC(C)Oc1ncc(F)cc1[C@@H](C)Nc1ccn2ncc(C3=NOC(C)(C)N3)c2n1. The predicted octanol–water partition coefficient (Wildman–Crippen LogP) is 3.24. The molecule has 0 bridgehead atoms. The number of anilines is 1. The minimum Gasteiger partial charge on any atom is -0.475 e. The first-order valence-corrected chi connectivity index (χ1v) is 9.69. The second-order valence-corrected chi connectivity index (χ2v) is 7.89. The Hall–Kier alpha value is -3.43. The van der Waals surface area contributed by atoms with Gasteiger partial charge >= 0.3 is 0 Å².